The number of Topliss-reactive ketones (excluding diaryl/α,β-unsaturated/α-hetero) is 1. The van der Waals surface area contributed by atoms with Crippen molar-refractivity contribution in [3.63, 3.8) is 0 Å². The van der Waals surface area contributed by atoms with Gasteiger partial charge >= 0.3 is 0 Å². The topological polar surface area (TPSA) is 151 Å². The number of ketones is 1. The Morgan fingerprint density at radius 1 is 0.878 bits per heavy atom. The normalized spacial score (nSPS) is 13.2. The second kappa shape index (κ2) is 13.0. The van der Waals surface area contributed by atoms with Gasteiger partial charge in [-0.15, -0.1) is 0 Å². The summed E-state index contributed by atoms with van der Waals surface area (Å²) in [5.74, 6) is -3.56. The molecule has 0 aliphatic heterocycles. The van der Waals surface area contributed by atoms with E-state index in [9.17, 15) is 27.6 Å². The molecule has 11 heteroatoms. The number of hydrogen-bond acceptors (Lipinski definition) is 6. The molecule has 41 heavy (non-hydrogen) atoms. The molecule has 2 atom stereocenters. The Balaban J connectivity index is 1.71. The highest BCUT2D eigenvalue weighted by Gasteiger charge is 2.34. The molecule has 0 aliphatic carbocycles. The average molecular weight is 581 g/mol. The monoisotopic (exact) mass is 580 g/mol. The van der Waals surface area contributed by atoms with Crippen LogP contribution in [0.5, 0.6) is 0 Å². The Hall–Kier alpha value is -4.09. The molecule has 0 bridgehead atoms. The minimum Gasteiger partial charge on any atom is -0.351 e. The van der Waals surface area contributed by atoms with Crippen molar-refractivity contribution in [1.82, 2.24) is 20.7 Å². The zero-order chi connectivity index (χ0) is 30.4. The molecule has 3 amide bonds. The van der Waals surface area contributed by atoms with Crippen molar-refractivity contribution >= 4 is 44.3 Å². The summed E-state index contributed by atoms with van der Waals surface area (Å²) in [6, 6.07) is 16.5. The summed E-state index contributed by atoms with van der Waals surface area (Å²) in [7, 11) is -4.26. The predicted molar refractivity (Wildman–Crippen MR) is 156 cm³/mol. The van der Waals surface area contributed by atoms with Crippen molar-refractivity contribution in [1.29, 1.82) is 0 Å². The zero-order valence-corrected chi connectivity index (χ0v) is 24.6. The van der Waals surface area contributed by atoms with Crippen molar-refractivity contribution in [3.8, 4) is 0 Å². The van der Waals surface area contributed by atoms with E-state index in [-0.39, 0.29) is 11.4 Å². The van der Waals surface area contributed by atoms with E-state index in [2.05, 4.69) is 20.7 Å². The fourth-order valence-electron chi connectivity index (χ4n) is 4.09. The summed E-state index contributed by atoms with van der Waals surface area (Å²) >= 11 is 0. The highest BCUT2D eigenvalue weighted by Crippen LogP contribution is 2.18. The smallest absolute Gasteiger partial charge is 0.289 e. The maximum absolute atomic E-state index is 13.1. The Morgan fingerprint density at radius 2 is 1.51 bits per heavy atom. The summed E-state index contributed by atoms with van der Waals surface area (Å²) in [5, 5.41) is 9.71. The number of benzene rings is 3. The van der Waals surface area contributed by atoms with Crippen LogP contribution in [-0.2, 0) is 35.7 Å². The molecule has 0 aliphatic rings. The lowest BCUT2D eigenvalue weighted by Crippen LogP contribution is -2.54. The first-order valence-corrected chi connectivity index (χ1v) is 14.6. The Kier molecular flexibility index (Phi) is 10.0. The highest BCUT2D eigenvalue weighted by molar-refractivity contribution is 7.89. The predicted octanol–water partition coefficient (Wildman–Crippen LogP) is 2.49. The molecule has 0 fully saturated rings. The number of carbonyl (C=O) groups is 4. The number of sulfonamides is 1. The molecule has 3 aromatic carbocycles. The Labute approximate surface area is 240 Å². The summed E-state index contributed by atoms with van der Waals surface area (Å²) in [6.07, 6.45) is -0.615. The standard InChI is InChI=1S/C30H36N4O6S/c1-19-13-15-23(16-14-19)41(39,40)34-25(17-26(35)33-30(3,4)5)27(36)29(38)32-20(2)28(37)31-18-22-11-8-10-21-9-6-7-12-24(21)22/h6-16,20,25,34H,17-18H2,1-5H3,(H,31,37)(H,32,38)(H,33,35)/t20-,25-/m0/s1. The minimum absolute atomic E-state index is 0.126. The SMILES string of the molecule is Cc1ccc(S(=O)(=O)N[C@@H](CC(=O)NC(C)(C)C)C(=O)C(=O)N[C@@H](C)C(=O)NCc2cccc3ccccc23)cc1. The summed E-state index contributed by atoms with van der Waals surface area (Å²) in [5.41, 5.74) is 1.05. The van der Waals surface area contributed by atoms with Gasteiger partial charge in [0, 0.05) is 12.1 Å². The molecule has 0 radical (unpaired) electrons. The third-order valence-electron chi connectivity index (χ3n) is 6.15. The van der Waals surface area contributed by atoms with Gasteiger partial charge in [-0.25, -0.2) is 8.42 Å². The number of carbonyl (C=O) groups excluding carboxylic acids is 4. The average Bonchev–Trinajstić information content (AvgIpc) is 2.89. The van der Waals surface area contributed by atoms with E-state index in [1.807, 2.05) is 42.5 Å². The van der Waals surface area contributed by atoms with Crippen molar-refractivity contribution in [2.45, 2.75) is 70.1 Å². The van der Waals surface area contributed by atoms with Gasteiger partial charge in [0.05, 0.1) is 17.4 Å². The maximum atomic E-state index is 13.1. The van der Waals surface area contributed by atoms with Crippen molar-refractivity contribution in [2.24, 2.45) is 0 Å². The first kappa shape index (κ1) is 31.4. The van der Waals surface area contributed by atoms with Crippen molar-refractivity contribution in [3.05, 3.63) is 77.9 Å². The molecule has 4 N–H and O–H groups in total. The quantitative estimate of drug-likeness (QED) is 0.256. The number of rotatable bonds is 11. The lowest BCUT2D eigenvalue weighted by atomic mass is 10.0. The minimum atomic E-state index is -4.26. The zero-order valence-electron chi connectivity index (χ0n) is 23.8. The van der Waals surface area contributed by atoms with Crippen LogP contribution >= 0.6 is 0 Å². The van der Waals surface area contributed by atoms with Crippen molar-refractivity contribution in [2.75, 3.05) is 0 Å². The number of nitrogens with one attached hydrogen (secondary N) is 4. The molecule has 0 saturated carbocycles. The fraction of sp³-hybridized carbons (Fsp3) is 0.333. The molecule has 0 aromatic heterocycles. The third kappa shape index (κ3) is 8.95. The molecule has 3 rings (SSSR count). The van der Waals surface area contributed by atoms with Crippen molar-refractivity contribution < 1.29 is 27.6 Å². The molecular weight excluding hydrogens is 544 g/mol. The van der Waals surface area contributed by atoms with E-state index in [1.54, 1.807) is 39.8 Å². The van der Waals surface area contributed by atoms with Crippen LogP contribution in [0.15, 0.2) is 71.6 Å². The second-order valence-corrected chi connectivity index (χ2v) is 12.6. The number of fused-ring (bicyclic) bond motifs is 1. The van der Waals surface area contributed by atoms with Gasteiger partial charge in [0.1, 0.15) is 6.04 Å². The molecule has 0 spiro atoms. The first-order chi connectivity index (χ1) is 19.2. The van der Waals surface area contributed by atoms with E-state index in [0.717, 1.165) is 21.9 Å². The van der Waals surface area contributed by atoms with Gasteiger partial charge in [-0.05, 0) is 63.1 Å². The van der Waals surface area contributed by atoms with Crippen LogP contribution in [0.1, 0.15) is 45.2 Å². The van der Waals surface area contributed by atoms with E-state index in [4.69, 9.17) is 0 Å². The van der Waals surface area contributed by atoms with Crippen LogP contribution in [0.25, 0.3) is 10.8 Å². The van der Waals surface area contributed by atoms with Gasteiger partial charge < -0.3 is 16.0 Å². The lowest BCUT2D eigenvalue weighted by Gasteiger charge is -2.23. The number of hydrogen-bond donors (Lipinski definition) is 4. The Morgan fingerprint density at radius 3 is 2.17 bits per heavy atom. The van der Waals surface area contributed by atoms with Gasteiger partial charge in [0.15, 0.2) is 0 Å². The van der Waals surface area contributed by atoms with Gasteiger partial charge in [-0.3, -0.25) is 19.2 Å². The van der Waals surface area contributed by atoms with Crippen LogP contribution in [-0.4, -0.2) is 49.5 Å². The van der Waals surface area contributed by atoms with Crippen LogP contribution in [0, 0.1) is 6.92 Å². The molecule has 0 saturated heterocycles. The number of amides is 3. The van der Waals surface area contributed by atoms with Gasteiger partial charge in [0.2, 0.25) is 27.6 Å². The van der Waals surface area contributed by atoms with Crippen LogP contribution < -0.4 is 20.7 Å². The summed E-state index contributed by atoms with van der Waals surface area (Å²) in [4.78, 5) is 51.2. The van der Waals surface area contributed by atoms with Crippen LogP contribution in [0.3, 0.4) is 0 Å². The second-order valence-electron chi connectivity index (χ2n) is 10.9. The first-order valence-electron chi connectivity index (χ1n) is 13.2. The maximum Gasteiger partial charge on any atom is 0.289 e. The largest absolute Gasteiger partial charge is 0.351 e. The summed E-state index contributed by atoms with van der Waals surface area (Å²) < 4.78 is 28.2. The van der Waals surface area contributed by atoms with Gasteiger partial charge in [-0.1, -0.05) is 60.2 Å². The van der Waals surface area contributed by atoms with Gasteiger partial charge in [-0.2, -0.15) is 4.72 Å². The molecule has 0 heterocycles. The van der Waals surface area contributed by atoms with E-state index < -0.39 is 57.6 Å². The molecule has 0 unspecified atom stereocenters. The van der Waals surface area contributed by atoms with E-state index in [1.165, 1.54) is 19.1 Å². The molecule has 10 nitrogen and oxygen atoms in total. The van der Waals surface area contributed by atoms with Gasteiger partial charge in [0.25, 0.3) is 5.91 Å². The van der Waals surface area contributed by atoms with E-state index >= 15 is 0 Å². The molecule has 3 aromatic rings. The summed E-state index contributed by atoms with van der Waals surface area (Å²) in [6.45, 7) is 8.56. The molecular formula is C30H36N4O6S. The fourth-order valence-corrected chi connectivity index (χ4v) is 5.28. The Bertz CT molecular complexity index is 1540. The van der Waals surface area contributed by atoms with Crippen LogP contribution in [0.4, 0.5) is 0 Å². The number of aryl methyl sites for hydroxylation is 1. The van der Waals surface area contributed by atoms with E-state index in [0.29, 0.717) is 0 Å². The third-order valence-corrected chi connectivity index (χ3v) is 7.63. The lowest BCUT2D eigenvalue weighted by molar-refractivity contribution is -0.141. The molecule has 218 valence electrons. The highest BCUT2D eigenvalue weighted by atomic mass is 32.2. The van der Waals surface area contributed by atoms with Crippen LogP contribution in [0.2, 0.25) is 0 Å².